The average molecular weight is 497 g/mol. The van der Waals surface area contributed by atoms with E-state index in [1.54, 1.807) is 27.7 Å². The van der Waals surface area contributed by atoms with E-state index in [1.807, 2.05) is 0 Å². The van der Waals surface area contributed by atoms with E-state index in [4.69, 9.17) is 4.74 Å². The van der Waals surface area contributed by atoms with Crippen molar-refractivity contribution >= 4 is 11.9 Å². The largest absolute Gasteiger partial charge is 0.451 e. The molecule has 0 saturated carbocycles. The molecule has 0 radical (unpaired) electrons. The van der Waals surface area contributed by atoms with E-state index in [2.05, 4.69) is 9.97 Å². The average Bonchev–Trinajstić information content (AvgIpc) is 3.06. The summed E-state index contributed by atoms with van der Waals surface area (Å²) in [6.45, 7) is 6.69. The Morgan fingerprint density at radius 3 is 2.34 bits per heavy atom. The molecule has 2 heterocycles. The zero-order valence-corrected chi connectivity index (χ0v) is 19.8. The van der Waals surface area contributed by atoms with Crippen LogP contribution in [-0.4, -0.2) is 55.6 Å². The lowest BCUT2D eigenvalue weighted by atomic mass is 9.98. The number of alkyl halides is 3. The second-order valence-electron chi connectivity index (χ2n) is 9.51. The maximum absolute atomic E-state index is 14.4. The zero-order chi connectivity index (χ0) is 26.1. The molecular formula is C24H27F4N3O4. The van der Waals surface area contributed by atoms with Crippen molar-refractivity contribution in [3.63, 3.8) is 0 Å². The SMILES string of the molecule is C[C@H]1[C@@H](O)C[C@@H](C(=O)CCc2cc(-c3cnc(C(F)(F)F)nc3)ccc2F)N1C(=O)OC(C)(C)C. The molecule has 190 valence electrons. The molecule has 7 nitrogen and oxygen atoms in total. The van der Waals surface area contributed by atoms with Gasteiger partial charge in [0.25, 0.3) is 0 Å². The highest BCUT2D eigenvalue weighted by Gasteiger charge is 2.45. The number of nitrogens with zero attached hydrogens (tertiary/aromatic N) is 3. The number of aryl methyl sites for hydroxylation is 1. The Hall–Kier alpha value is -3.08. The number of ether oxygens (including phenoxy) is 1. The number of aliphatic hydroxyl groups is 1. The van der Waals surface area contributed by atoms with E-state index in [-0.39, 0.29) is 36.2 Å². The van der Waals surface area contributed by atoms with Crippen molar-refractivity contribution in [2.45, 2.75) is 76.9 Å². The Morgan fingerprint density at radius 1 is 1.14 bits per heavy atom. The Balaban J connectivity index is 1.74. The standard InChI is InChI=1S/C24H27F4N3O4/c1-13-20(33)10-18(31(13)22(34)35-23(2,3)4)19(32)8-6-15-9-14(5-7-17(15)25)16-11-29-21(30-12-16)24(26,27)28/h5,7,9,11-13,18,20,33H,6,8,10H2,1-4H3/t13-,18-,20-/m0/s1. The minimum absolute atomic E-state index is 0.0108. The minimum atomic E-state index is -4.68. The number of likely N-dealkylation sites (tertiary alicyclic amines) is 1. The molecule has 1 aliphatic heterocycles. The van der Waals surface area contributed by atoms with Crippen molar-refractivity contribution in [1.82, 2.24) is 14.9 Å². The molecule has 1 fully saturated rings. The number of aliphatic hydroxyl groups excluding tert-OH is 1. The second kappa shape index (κ2) is 9.88. The molecule has 1 N–H and O–H groups in total. The normalized spacial score (nSPS) is 20.7. The summed E-state index contributed by atoms with van der Waals surface area (Å²) in [5.41, 5.74) is 0.0345. The van der Waals surface area contributed by atoms with Crippen molar-refractivity contribution in [2.24, 2.45) is 0 Å². The third-order valence-corrected chi connectivity index (χ3v) is 5.70. The third-order valence-electron chi connectivity index (χ3n) is 5.70. The Kier molecular flexibility index (Phi) is 7.49. The van der Waals surface area contributed by atoms with Crippen LogP contribution in [-0.2, 0) is 22.1 Å². The zero-order valence-electron chi connectivity index (χ0n) is 19.8. The highest BCUT2D eigenvalue weighted by molar-refractivity contribution is 5.88. The lowest BCUT2D eigenvalue weighted by molar-refractivity contribution is -0.145. The number of rotatable bonds is 5. The van der Waals surface area contributed by atoms with Crippen LogP contribution in [0.3, 0.4) is 0 Å². The molecule has 35 heavy (non-hydrogen) atoms. The van der Waals surface area contributed by atoms with Gasteiger partial charge < -0.3 is 9.84 Å². The summed E-state index contributed by atoms with van der Waals surface area (Å²) in [7, 11) is 0. The number of carbonyl (C=O) groups excluding carboxylic acids is 2. The van der Waals surface area contributed by atoms with Crippen LogP contribution in [0.5, 0.6) is 0 Å². The highest BCUT2D eigenvalue weighted by Crippen LogP contribution is 2.30. The van der Waals surface area contributed by atoms with Gasteiger partial charge in [-0.05, 0) is 57.4 Å². The molecule has 1 aliphatic rings. The molecule has 1 saturated heterocycles. The smallest absolute Gasteiger partial charge is 0.444 e. The molecule has 1 aromatic carbocycles. The van der Waals surface area contributed by atoms with Crippen molar-refractivity contribution < 1.29 is 37.0 Å². The van der Waals surface area contributed by atoms with Crippen LogP contribution in [0.15, 0.2) is 30.6 Å². The number of Topliss-reactive ketones (excluding diaryl/α,β-unsaturated/α-hetero) is 1. The van der Waals surface area contributed by atoms with Gasteiger partial charge in [-0.3, -0.25) is 9.69 Å². The predicted octanol–water partition coefficient (Wildman–Crippen LogP) is 4.56. The lowest BCUT2D eigenvalue weighted by Gasteiger charge is -2.30. The number of halogens is 4. The lowest BCUT2D eigenvalue weighted by Crippen LogP contribution is -2.47. The number of hydrogen-bond acceptors (Lipinski definition) is 6. The van der Waals surface area contributed by atoms with Gasteiger partial charge in [-0.2, -0.15) is 13.2 Å². The molecule has 11 heteroatoms. The molecule has 3 rings (SSSR count). The van der Waals surface area contributed by atoms with Crippen molar-refractivity contribution in [1.29, 1.82) is 0 Å². The Morgan fingerprint density at radius 2 is 1.77 bits per heavy atom. The van der Waals surface area contributed by atoms with Gasteiger partial charge in [0.1, 0.15) is 11.4 Å². The second-order valence-corrected chi connectivity index (χ2v) is 9.51. The fourth-order valence-corrected chi connectivity index (χ4v) is 3.90. The van der Waals surface area contributed by atoms with E-state index in [9.17, 15) is 32.3 Å². The molecule has 0 aliphatic carbocycles. The fraction of sp³-hybridized carbons (Fsp3) is 0.500. The van der Waals surface area contributed by atoms with Crippen LogP contribution in [0.4, 0.5) is 22.4 Å². The van der Waals surface area contributed by atoms with Crippen molar-refractivity contribution in [3.8, 4) is 11.1 Å². The van der Waals surface area contributed by atoms with Gasteiger partial charge in [0.2, 0.25) is 5.82 Å². The number of benzene rings is 1. The van der Waals surface area contributed by atoms with E-state index in [1.165, 1.54) is 17.0 Å². The van der Waals surface area contributed by atoms with Crippen LogP contribution in [0.1, 0.15) is 51.9 Å². The van der Waals surface area contributed by atoms with Crippen LogP contribution < -0.4 is 0 Å². The van der Waals surface area contributed by atoms with E-state index < -0.39 is 47.7 Å². The van der Waals surface area contributed by atoms with Gasteiger partial charge >= 0.3 is 12.3 Å². The Bertz CT molecular complexity index is 1080. The minimum Gasteiger partial charge on any atom is -0.444 e. The van der Waals surface area contributed by atoms with Gasteiger partial charge in [-0.15, -0.1) is 0 Å². The van der Waals surface area contributed by atoms with Crippen LogP contribution in [0, 0.1) is 5.82 Å². The summed E-state index contributed by atoms with van der Waals surface area (Å²) in [4.78, 5) is 33.5. The van der Waals surface area contributed by atoms with E-state index >= 15 is 0 Å². The molecule has 3 atom stereocenters. The maximum atomic E-state index is 14.4. The Labute approximate surface area is 200 Å². The summed E-state index contributed by atoms with van der Waals surface area (Å²) in [6, 6.07) is 2.42. The number of hydrogen-bond donors (Lipinski definition) is 1. The fourth-order valence-electron chi connectivity index (χ4n) is 3.90. The van der Waals surface area contributed by atoms with Gasteiger partial charge in [-0.1, -0.05) is 6.07 Å². The first-order valence-corrected chi connectivity index (χ1v) is 11.1. The summed E-state index contributed by atoms with van der Waals surface area (Å²) < 4.78 is 57.9. The molecular weight excluding hydrogens is 470 g/mol. The van der Waals surface area contributed by atoms with E-state index in [0.29, 0.717) is 5.56 Å². The number of carbonyl (C=O) groups is 2. The van der Waals surface area contributed by atoms with Crippen LogP contribution in [0.25, 0.3) is 11.1 Å². The highest BCUT2D eigenvalue weighted by atomic mass is 19.4. The van der Waals surface area contributed by atoms with Gasteiger partial charge in [0.15, 0.2) is 5.78 Å². The summed E-state index contributed by atoms with van der Waals surface area (Å²) in [6.07, 6.45) is -4.38. The summed E-state index contributed by atoms with van der Waals surface area (Å²) in [5.74, 6) is -2.23. The molecule has 0 spiro atoms. The molecule has 0 bridgehead atoms. The first kappa shape index (κ1) is 26.5. The summed E-state index contributed by atoms with van der Waals surface area (Å²) >= 11 is 0. The predicted molar refractivity (Wildman–Crippen MR) is 118 cm³/mol. The van der Waals surface area contributed by atoms with Crippen LogP contribution in [0.2, 0.25) is 0 Å². The van der Waals surface area contributed by atoms with Crippen molar-refractivity contribution in [2.75, 3.05) is 0 Å². The number of ketones is 1. The van der Waals surface area contributed by atoms with Gasteiger partial charge in [0, 0.05) is 30.8 Å². The molecule has 0 unspecified atom stereocenters. The van der Waals surface area contributed by atoms with E-state index in [0.717, 1.165) is 18.5 Å². The van der Waals surface area contributed by atoms with Crippen molar-refractivity contribution in [3.05, 3.63) is 47.8 Å². The third kappa shape index (κ3) is 6.33. The van der Waals surface area contributed by atoms with Gasteiger partial charge in [-0.25, -0.2) is 19.2 Å². The maximum Gasteiger partial charge on any atom is 0.451 e. The monoisotopic (exact) mass is 497 g/mol. The molecule has 1 amide bonds. The summed E-state index contributed by atoms with van der Waals surface area (Å²) in [5, 5.41) is 10.3. The number of amides is 1. The molecule has 2 aromatic rings. The topological polar surface area (TPSA) is 92.6 Å². The van der Waals surface area contributed by atoms with Gasteiger partial charge in [0.05, 0.1) is 18.2 Å². The molecule has 1 aromatic heterocycles. The first-order chi connectivity index (χ1) is 16.2. The quantitative estimate of drug-likeness (QED) is 0.609. The number of aromatic nitrogens is 2. The van der Waals surface area contributed by atoms with Crippen LogP contribution >= 0.6 is 0 Å². The first-order valence-electron chi connectivity index (χ1n) is 11.1.